The summed E-state index contributed by atoms with van der Waals surface area (Å²) < 4.78 is 12.7. The number of hydrogen-bond donors (Lipinski definition) is 1. The van der Waals surface area contributed by atoms with Gasteiger partial charge in [0.15, 0.2) is 11.5 Å². The van der Waals surface area contributed by atoms with Crippen molar-refractivity contribution in [3.8, 4) is 11.5 Å². The molecule has 2 atom stereocenters. The highest BCUT2D eigenvalue weighted by Crippen LogP contribution is 2.39. The first kappa shape index (κ1) is 18.3. The molecule has 0 unspecified atom stereocenters. The van der Waals surface area contributed by atoms with E-state index >= 15 is 0 Å². The number of methoxy groups -OCH3 is 2. The lowest BCUT2D eigenvalue weighted by atomic mass is 9.92. The van der Waals surface area contributed by atoms with Crippen molar-refractivity contribution in [2.45, 2.75) is 38.3 Å². The average molecular weight is 379 g/mol. The van der Waals surface area contributed by atoms with Crippen molar-refractivity contribution in [1.29, 1.82) is 0 Å². The lowest BCUT2D eigenvalue weighted by molar-refractivity contribution is 0.352. The first-order valence-electron chi connectivity index (χ1n) is 9.47. The highest BCUT2D eigenvalue weighted by Gasteiger charge is 2.31. The van der Waals surface area contributed by atoms with Gasteiger partial charge in [0, 0.05) is 0 Å². The molecule has 28 heavy (non-hydrogen) atoms. The van der Waals surface area contributed by atoms with Crippen LogP contribution in [0.3, 0.4) is 0 Å². The first-order chi connectivity index (χ1) is 13.6. The maximum absolute atomic E-state index is 5.48. The molecule has 1 aromatic heterocycles. The van der Waals surface area contributed by atoms with Crippen molar-refractivity contribution in [2.75, 3.05) is 19.5 Å². The number of tetrazole rings is 1. The second-order valence-corrected chi connectivity index (χ2v) is 7.33. The van der Waals surface area contributed by atoms with Crippen LogP contribution in [0.4, 0.5) is 5.95 Å². The zero-order valence-electron chi connectivity index (χ0n) is 16.6. The summed E-state index contributed by atoms with van der Waals surface area (Å²) in [5.41, 5.74) is 3.64. The molecule has 1 N–H and O–H groups in total. The van der Waals surface area contributed by atoms with E-state index in [2.05, 4.69) is 59.0 Å². The molecule has 0 radical (unpaired) electrons. The van der Waals surface area contributed by atoms with Crippen LogP contribution in [0.1, 0.15) is 55.0 Å². The fourth-order valence-corrected chi connectivity index (χ4v) is 3.71. The Morgan fingerprint density at radius 3 is 2.39 bits per heavy atom. The van der Waals surface area contributed by atoms with Crippen LogP contribution in [-0.4, -0.2) is 34.4 Å². The first-order valence-corrected chi connectivity index (χ1v) is 9.47. The number of hydrogen-bond acceptors (Lipinski definition) is 6. The predicted molar refractivity (Wildman–Crippen MR) is 107 cm³/mol. The smallest absolute Gasteiger partial charge is 0.243 e. The molecule has 0 bridgehead atoms. The molecule has 0 saturated heterocycles. The molecule has 0 fully saturated rings. The summed E-state index contributed by atoms with van der Waals surface area (Å²) in [6.45, 7) is 4.41. The number of anilines is 1. The second kappa shape index (κ2) is 7.50. The lowest BCUT2D eigenvalue weighted by Gasteiger charge is -2.31. The molecule has 0 amide bonds. The minimum absolute atomic E-state index is 0.000770. The molecule has 2 heterocycles. The molecule has 0 spiro atoms. The Morgan fingerprint density at radius 1 is 1.00 bits per heavy atom. The van der Waals surface area contributed by atoms with E-state index in [1.165, 1.54) is 11.1 Å². The van der Waals surface area contributed by atoms with E-state index in [0.717, 1.165) is 12.0 Å². The Labute approximate surface area is 164 Å². The highest BCUT2D eigenvalue weighted by molar-refractivity contribution is 5.46. The fraction of sp³-hybridized carbons (Fsp3) is 0.381. The quantitative estimate of drug-likeness (QED) is 0.723. The minimum Gasteiger partial charge on any atom is -0.493 e. The van der Waals surface area contributed by atoms with E-state index in [1.54, 1.807) is 14.2 Å². The van der Waals surface area contributed by atoms with Crippen LogP contribution in [0.5, 0.6) is 11.5 Å². The standard InChI is InChI=1S/C21H25N5O2/c1-13(2)14-5-7-15(8-6-14)17-12-18(26-21(22-17)23-24-25-26)16-9-10-19(27-3)20(11-16)28-4/h5-11,13,17-18H,12H2,1-4H3,(H,22,23,25)/t17-,18+/m0/s1. The summed E-state index contributed by atoms with van der Waals surface area (Å²) in [5.74, 6) is 2.59. The summed E-state index contributed by atoms with van der Waals surface area (Å²) >= 11 is 0. The summed E-state index contributed by atoms with van der Waals surface area (Å²) in [4.78, 5) is 0. The van der Waals surface area contributed by atoms with E-state index in [4.69, 9.17) is 9.47 Å². The maximum Gasteiger partial charge on any atom is 0.243 e. The van der Waals surface area contributed by atoms with E-state index in [-0.39, 0.29) is 12.1 Å². The zero-order chi connectivity index (χ0) is 19.7. The molecular weight excluding hydrogens is 354 g/mol. The number of fused-ring (bicyclic) bond motifs is 1. The SMILES string of the molecule is COc1ccc([C@H]2C[C@@H](c3ccc(C(C)C)cc3)Nc3nnnn32)cc1OC. The number of benzene rings is 2. The van der Waals surface area contributed by atoms with Crippen molar-refractivity contribution in [3.05, 3.63) is 59.2 Å². The third-order valence-corrected chi connectivity index (χ3v) is 5.35. The van der Waals surface area contributed by atoms with Gasteiger partial charge in [0.2, 0.25) is 5.95 Å². The van der Waals surface area contributed by atoms with Gasteiger partial charge in [-0.2, -0.15) is 0 Å². The number of rotatable bonds is 5. The maximum atomic E-state index is 5.48. The van der Waals surface area contributed by atoms with Gasteiger partial charge in [0.1, 0.15) is 0 Å². The molecule has 7 heteroatoms. The van der Waals surface area contributed by atoms with Gasteiger partial charge in [-0.25, -0.2) is 4.68 Å². The number of ether oxygens (including phenoxy) is 2. The van der Waals surface area contributed by atoms with Crippen molar-refractivity contribution in [3.63, 3.8) is 0 Å². The zero-order valence-corrected chi connectivity index (χ0v) is 16.6. The largest absolute Gasteiger partial charge is 0.493 e. The molecule has 2 aromatic carbocycles. The highest BCUT2D eigenvalue weighted by atomic mass is 16.5. The Hall–Kier alpha value is -3.09. The fourth-order valence-electron chi connectivity index (χ4n) is 3.71. The Morgan fingerprint density at radius 2 is 1.71 bits per heavy atom. The van der Waals surface area contributed by atoms with Crippen molar-refractivity contribution in [1.82, 2.24) is 20.2 Å². The van der Waals surface area contributed by atoms with Gasteiger partial charge in [-0.05, 0) is 51.6 Å². The monoisotopic (exact) mass is 379 g/mol. The van der Waals surface area contributed by atoms with Crippen LogP contribution in [0, 0.1) is 0 Å². The van der Waals surface area contributed by atoms with Gasteiger partial charge in [-0.3, -0.25) is 0 Å². The molecule has 7 nitrogen and oxygen atoms in total. The van der Waals surface area contributed by atoms with E-state index in [1.807, 2.05) is 22.9 Å². The molecule has 0 aliphatic carbocycles. The van der Waals surface area contributed by atoms with Crippen LogP contribution < -0.4 is 14.8 Å². The van der Waals surface area contributed by atoms with Crippen molar-refractivity contribution in [2.24, 2.45) is 0 Å². The van der Waals surface area contributed by atoms with Crippen LogP contribution in [-0.2, 0) is 0 Å². The van der Waals surface area contributed by atoms with Gasteiger partial charge in [0.25, 0.3) is 0 Å². The van der Waals surface area contributed by atoms with Gasteiger partial charge >= 0.3 is 0 Å². The van der Waals surface area contributed by atoms with Crippen LogP contribution in [0.15, 0.2) is 42.5 Å². The third-order valence-electron chi connectivity index (χ3n) is 5.35. The molecule has 0 saturated carbocycles. The number of nitrogens with one attached hydrogen (secondary N) is 1. The molecule has 1 aliphatic rings. The lowest BCUT2D eigenvalue weighted by Crippen LogP contribution is -2.28. The number of nitrogens with zero attached hydrogens (tertiary/aromatic N) is 4. The van der Waals surface area contributed by atoms with Crippen molar-refractivity contribution >= 4 is 5.95 Å². The Kier molecular flexibility index (Phi) is 4.90. The van der Waals surface area contributed by atoms with Gasteiger partial charge in [-0.1, -0.05) is 49.3 Å². The van der Waals surface area contributed by atoms with Crippen LogP contribution >= 0.6 is 0 Å². The third kappa shape index (κ3) is 3.28. The number of aromatic nitrogens is 4. The topological polar surface area (TPSA) is 74.1 Å². The molecule has 4 rings (SSSR count). The normalized spacial score (nSPS) is 18.5. The van der Waals surface area contributed by atoms with Crippen LogP contribution in [0.2, 0.25) is 0 Å². The van der Waals surface area contributed by atoms with Crippen LogP contribution in [0.25, 0.3) is 0 Å². The van der Waals surface area contributed by atoms with E-state index in [0.29, 0.717) is 23.4 Å². The summed E-state index contributed by atoms with van der Waals surface area (Å²) in [7, 11) is 3.28. The summed E-state index contributed by atoms with van der Waals surface area (Å²) in [6.07, 6.45) is 0.828. The summed E-state index contributed by atoms with van der Waals surface area (Å²) in [5, 5.41) is 15.7. The van der Waals surface area contributed by atoms with Crippen molar-refractivity contribution < 1.29 is 9.47 Å². The Balaban J connectivity index is 1.68. The predicted octanol–water partition coefficient (Wildman–Crippen LogP) is 3.96. The molecule has 3 aromatic rings. The molecule has 146 valence electrons. The molecule has 1 aliphatic heterocycles. The van der Waals surface area contributed by atoms with E-state index < -0.39 is 0 Å². The molecular formula is C21H25N5O2. The Bertz CT molecular complexity index is 952. The van der Waals surface area contributed by atoms with E-state index in [9.17, 15) is 0 Å². The average Bonchev–Trinajstić information content (AvgIpc) is 3.21. The summed E-state index contributed by atoms with van der Waals surface area (Å²) in [6, 6.07) is 14.9. The van der Waals surface area contributed by atoms with Gasteiger partial charge < -0.3 is 14.8 Å². The second-order valence-electron chi connectivity index (χ2n) is 7.33. The minimum atomic E-state index is 0.000770. The van der Waals surface area contributed by atoms with Gasteiger partial charge in [-0.15, -0.1) is 0 Å². The van der Waals surface area contributed by atoms with Gasteiger partial charge in [0.05, 0.1) is 26.3 Å².